The van der Waals surface area contributed by atoms with Crippen LogP contribution in [-0.2, 0) is 53.6 Å². The lowest BCUT2D eigenvalue weighted by molar-refractivity contribution is -0.143. The molecule has 1 spiro atoms. The summed E-state index contributed by atoms with van der Waals surface area (Å²) in [4.78, 5) is 77.5. The second-order valence-corrected chi connectivity index (χ2v) is 26.5. The van der Waals surface area contributed by atoms with Crippen molar-refractivity contribution in [1.29, 1.82) is 0 Å². The van der Waals surface area contributed by atoms with E-state index >= 15 is 0 Å². The van der Waals surface area contributed by atoms with E-state index in [1.54, 1.807) is 40.9 Å². The molecule has 1 aliphatic carbocycles. The molecule has 3 fully saturated rings. The third-order valence-electron chi connectivity index (χ3n) is 19.6. The van der Waals surface area contributed by atoms with E-state index in [1.165, 1.54) is 24.3 Å². The van der Waals surface area contributed by atoms with E-state index < -0.39 is 64.6 Å². The number of ether oxygens (including phenoxy) is 3. The SMILES string of the molecule is CN(CCN1CCC(OC(=O)Nc2ccccc2-c2ccccc2)CC1)C(=O)CCCCCNc1ccc(C(=O)N(C)CCCN(C)C(=O)CO[C@H]2Cc3ccccc3C23CCN(CC[C@]2(c4ccc(F)cc4)CN(C(=O)c4cc(C(F)(F)F)cc(C(F)(F)F)c4)CO2)CC3)c(Cl)c1. The fraction of sp³-hybridized carbons (Fsp3) is 0.446. The highest BCUT2D eigenvalue weighted by molar-refractivity contribution is 6.34. The summed E-state index contributed by atoms with van der Waals surface area (Å²) in [6, 6.07) is 37.1. The third-order valence-corrected chi connectivity index (χ3v) is 19.9. The number of para-hydroxylation sites is 1. The Morgan fingerprint density at radius 3 is 2.04 bits per heavy atom. The number of piperidine rings is 2. The van der Waals surface area contributed by atoms with Gasteiger partial charge in [-0.3, -0.25) is 24.5 Å². The van der Waals surface area contributed by atoms with Crippen molar-refractivity contribution in [3.05, 3.63) is 189 Å². The highest BCUT2D eigenvalue weighted by atomic mass is 35.5. The van der Waals surface area contributed by atoms with Gasteiger partial charge in [-0.2, -0.15) is 26.3 Å². The maximum absolute atomic E-state index is 14.2. The van der Waals surface area contributed by atoms with Gasteiger partial charge in [0.25, 0.3) is 11.8 Å². The first kappa shape index (κ1) is 72.6. The number of carbonyl (C=O) groups is 5. The average Bonchev–Trinajstić information content (AvgIpc) is 1.58. The van der Waals surface area contributed by atoms with Crippen LogP contribution >= 0.6 is 11.6 Å². The second-order valence-electron chi connectivity index (χ2n) is 26.1. The zero-order valence-electron chi connectivity index (χ0n) is 55.4. The molecule has 3 saturated heterocycles. The Kier molecular flexibility index (Phi) is 23.9. The van der Waals surface area contributed by atoms with Gasteiger partial charge in [0, 0.05) is 102 Å². The van der Waals surface area contributed by atoms with Crippen LogP contribution in [0.3, 0.4) is 0 Å². The normalized spacial score (nSPS) is 18.1. The van der Waals surface area contributed by atoms with Gasteiger partial charge >= 0.3 is 18.4 Å². The number of amides is 5. The van der Waals surface area contributed by atoms with Crippen LogP contribution in [0, 0.1) is 5.82 Å². The fourth-order valence-electron chi connectivity index (χ4n) is 13.8. The van der Waals surface area contributed by atoms with E-state index in [1.807, 2.05) is 79.8 Å². The lowest BCUT2D eigenvalue weighted by atomic mass is 9.72. The molecule has 24 heteroatoms. The van der Waals surface area contributed by atoms with E-state index in [-0.39, 0.29) is 55.6 Å². The molecule has 5 amide bonds. The molecule has 16 nitrogen and oxygen atoms in total. The van der Waals surface area contributed by atoms with Crippen molar-refractivity contribution < 1.29 is 68.9 Å². The van der Waals surface area contributed by atoms with Gasteiger partial charge in [0.1, 0.15) is 30.9 Å². The smallest absolute Gasteiger partial charge is 0.416 e. The molecule has 3 aliphatic heterocycles. The topological polar surface area (TPSA) is 157 Å². The monoisotopic (exact) mass is 1380 g/mol. The lowest BCUT2D eigenvalue weighted by Crippen LogP contribution is -2.50. The molecule has 98 heavy (non-hydrogen) atoms. The summed E-state index contributed by atoms with van der Waals surface area (Å²) in [7, 11) is 5.23. The summed E-state index contributed by atoms with van der Waals surface area (Å²) in [5.74, 6) is -1.98. The van der Waals surface area contributed by atoms with E-state index in [2.05, 4.69) is 32.6 Å². The van der Waals surface area contributed by atoms with Crippen LogP contribution in [0.1, 0.15) is 113 Å². The van der Waals surface area contributed by atoms with Crippen LogP contribution < -0.4 is 10.6 Å². The fourth-order valence-corrected chi connectivity index (χ4v) is 14.0. The van der Waals surface area contributed by atoms with Gasteiger partial charge < -0.3 is 48.9 Å². The Labute approximate surface area is 572 Å². The first-order valence-corrected chi connectivity index (χ1v) is 33.8. The molecule has 0 bridgehead atoms. The molecule has 6 aromatic carbocycles. The van der Waals surface area contributed by atoms with Crippen LogP contribution in [0.4, 0.5) is 46.9 Å². The van der Waals surface area contributed by atoms with Crippen LogP contribution in [-0.4, -0.2) is 178 Å². The molecule has 2 atom stereocenters. The zero-order valence-corrected chi connectivity index (χ0v) is 56.1. The number of alkyl halides is 6. The minimum Gasteiger partial charge on any atom is -0.446 e. The van der Waals surface area contributed by atoms with Crippen molar-refractivity contribution in [2.24, 2.45) is 0 Å². The molecule has 4 aliphatic rings. The van der Waals surface area contributed by atoms with E-state index in [0.717, 1.165) is 84.6 Å². The molecule has 3 heterocycles. The molecule has 10 rings (SSSR count). The summed E-state index contributed by atoms with van der Waals surface area (Å²) < 4.78 is 116. The van der Waals surface area contributed by atoms with Gasteiger partial charge in [-0.05, 0) is 148 Å². The average molecular weight is 1380 g/mol. The number of carbonyl (C=O) groups excluding carboxylic acids is 5. The Bertz CT molecular complexity index is 3710. The van der Waals surface area contributed by atoms with Crippen molar-refractivity contribution >= 4 is 52.7 Å². The number of nitrogens with zero attached hydrogens (tertiary/aromatic N) is 6. The first-order chi connectivity index (χ1) is 46.9. The Morgan fingerprint density at radius 1 is 0.684 bits per heavy atom. The van der Waals surface area contributed by atoms with Crippen LogP contribution in [0.5, 0.6) is 0 Å². The number of likely N-dealkylation sites (tertiary alicyclic amines) is 2. The minimum absolute atomic E-state index is 0.0309. The molecule has 0 unspecified atom stereocenters. The number of fused-ring (bicyclic) bond motifs is 2. The number of likely N-dealkylation sites (N-methyl/N-ethyl adjacent to an activating group) is 2. The number of hydrogen-bond donors (Lipinski definition) is 2. The van der Waals surface area contributed by atoms with Crippen molar-refractivity contribution in [2.45, 2.75) is 106 Å². The van der Waals surface area contributed by atoms with Gasteiger partial charge in [-0.15, -0.1) is 0 Å². The van der Waals surface area contributed by atoms with Crippen LogP contribution in [0.2, 0.25) is 5.02 Å². The van der Waals surface area contributed by atoms with Crippen molar-refractivity contribution in [3.63, 3.8) is 0 Å². The van der Waals surface area contributed by atoms with Crippen molar-refractivity contribution in [3.8, 4) is 11.1 Å². The van der Waals surface area contributed by atoms with Crippen LogP contribution in [0.15, 0.2) is 140 Å². The number of unbranched alkanes of at least 4 members (excludes halogenated alkanes) is 2. The quantitative estimate of drug-likeness (QED) is 0.0394. The zero-order chi connectivity index (χ0) is 69.8. The molecule has 0 radical (unpaired) electrons. The van der Waals surface area contributed by atoms with E-state index in [0.29, 0.717) is 112 Å². The van der Waals surface area contributed by atoms with Gasteiger partial charge in [0.05, 0.1) is 40.0 Å². The predicted octanol–water partition coefficient (Wildman–Crippen LogP) is 13.6. The Morgan fingerprint density at radius 2 is 1.34 bits per heavy atom. The number of anilines is 2. The van der Waals surface area contributed by atoms with Gasteiger partial charge in [0.2, 0.25) is 11.8 Å². The third kappa shape index (κ3) is 18.2. The highest BCUT2D eigenvalue weighted by Crippen LogP contribution is 2.49. The van der Waals surface area contributed by atoms with E-state index in [9.17, 15) is 54.7 Å². The van der Waals surface area contributed by atoms with Crippen LogP contribution in [0.25, 0.3) is 11.1 Å². The molecule has 6 aromatic rings. The van der Waals surface area contributed by atoms with Crippen molar-refractivity contribution in [2.75, 3.05) is 117 Å². The molecule has 524 valence electrons. The van der Waals surface area contributed by atoms with Gasteiger partial charge in [-0.1, -0.05) is 103 Å². The molecular weight excluding hydrogens is 1300 g/mol. The number of hydrogen-bond acceptors (Lipinski definition) is 11. The van der Waals surface area contributed by atoms with Gasteiger partial charge in [-0.25, -0.2) is 9.18 Å². The molecule has 2 N–H and O–H groups in total. The summed E-state index contributed by atoms with van der Waals surface area (Å²) in [5, 5.41) is 6.60. The largest absolute Gasteiger partial charge is 0.446 e. The maximum atomic E-state index is 14.2. The number of rotatable bonds is 26. The number of benzene rings is 6. The molecule has 0 saturated carbocycles. The number of halogens is 8. The first-order valence-electron chi connectivity index (χ1n) is 33.4. The minimum atomic E-state index is -5.15. The summed E-state index contributed by atoms with van der Waals surface area (Å²) >= 11 is 6.68. The molecular formula is C74H84ClF7N8O8. The standard InChI is InChI=1S/C74H84ClF7N8O8/c1-85(34-14-35-87(3)69(94)61-27-26-58(47-63(61)75)83-33-13-5-8-21-66(91)86(2)41-42-88-36-28-59(29-37-88)98-70(95)84-64-20-12-10-18-60(64)51-15-6-4-7-16-51)67(92)48-96-65-45-52-17-9-11-19-62(52)71(65)30-38-89(39-31-71)40-32-72(54-22-24-57(76)25-23-54)49-90(50-97-72)68(93)53-43-55(73(77,78)79)46-56(44-53)74(80,81)82/h4,6-7,9-12,15-20,22-27,43-44,46-47,59,65,83H,5,8,13-14,21,28-42,45,48-50H2,1-3H3,(H,84,95)/t65-,72+/m0/s1. The maximum Gasteiger partial charge on any atom is 0.416 e. The van der Waals surface area contributed by atoms with Gasteiger partial charge in [0.15, 0.2) is 0 Å². The Balaban J connectivity index is 0.611. The number of nitrogens with one attached hydrogen (secondary N) is 2. The summed E-state index contributed by atoms with van der Waals surface area (Å²) in [5.41, 5.74) is 0.815. The van der Waals surface area contributed by atoms with E-state index in [4.69, 9.17) is 25.8 Å². The highest BCUT2D eigenvalue weighted by Gasteiger charge is 2.50. The Hall–Kier alpha value is -8.09. The molecule has 0 aromatic heterocycles. The van der Waals surface area contributed by atoms with Crippen molar-refractivity contribution in [1.82, 2.24) is 29.4 Å². The summed E-state index contributed by atoms with van der Waals surface area (Å²) in [6.45, 7) is 5.07. The summed E-state index contributed by atoms with van der Waals surface area (Å²) in [6.07, 6.45) is -4.28. The second kappa shape index (κ2) is 32.3. The predicted molar refractivity (Wildman–Crippen MR) is 360 cm³/mol. The lowest BCUT2D eigenvalue weighted by Gasteiger charge is -2.44.